The zero-order valence-corrected chi connectivity index (χ0v) is 26.6. The molecule has 0 spiro atoms. The molecule has 2 unspecified atom stereocenters. The van der Waals surface area contributed by atoms with Gasteiger partial charge in [-0.25, -0.2) is 9.59 Å². The first kappa shape index (κ1) is 34.5. The van der Waals surface area contributed by atoms with Crippen molar-refractivity contribution in [1.29, 1.82) is 0 Å². The molecule has 0 radical (unpaired) electrons. The van der Waals surface area contributed by atoms with Crippen LogP contribution in [0.5, 0.6) is 0 Å². The number of aryl methyl sites for hydroxylation is 2. The maximum absolute atomic E-state index is 12.2. The van der Waals surface area contributed by atoms with Gasteiger partial charge >= 0.3 is 11.9 Å². The smallest absolute Gasteiger partial charge is 0.336 e. The summed E-state index contributed by atoms with van der Waals surface area (Å²) in [7, 11) is 0. The summed E-state index contributed by atoms with van der Waals surface area (Å²) in [6, 6.07) is 23.7. The van der Waals surface area contributed by atoms with Crippen LogP contribution in [0.4, 0.5) is 0 Å². The summed E-state index contributed by atoms with van der Waals surface area (Å²) in [5, 5.41) is 9.61. The minimum Gasteiger partial charge on any atom is -0.462 e. The SMILES string of the molecule is C=C(C)C(=O)OCC(CCc1ccc(-c2ccc(-c3ccc(COCCC)cc3)cc2CC)cc1)COC(=O)C(=C)C(C)O. The minimum atomic E-state index is -0.993. The molecule has 0 aliphatic heterocycles. The van der Waals surface area contributed by atoms with Crippen molar-refractivity contribution in [3.8, 4) is 22.3 Å². The van der Waals surface area contributed by atoms with Crippen LogP contribution in [0.25, 0.3) is 22.3 Å². The molecular formula is C38H46O6. The van der Waals surface area contributed by atoms with Gasteiger partial charge in [0.15, 0.2) is 0 Å². The molecule has 0 saturated carbocycles. The van der Waals surface area contributed by atoms with Gasteiger partial charge in [0.25, 0.3) is 0 Å². The Kier molecular flexibility index (Phi) is 13.6. The van der Waals surface area contributed by atoms with E-state index in [1.54, 1.807) is 6.92 Å². The Labute approximate surface area is 262 Å². The zero-order valence-electron chi connectivity index (χ0n) is 26.6. The average Bonchev–Trinajstić information content (AvgIpc) is 3.04. The van der Waals surface area contributed by atoms with Crippen molar-refractivity contribution < 1.29 is 28.9 Å². The van der Waals surface area contributed by atoms with Crippen LogP contribution in [0, 0.1) is 5.92 Å². The first-order chi connectivity index (χ1) is 21.1. The number of aliphatic hydroxyl groups is 1. The van der Waals surface area contributed by atoms with Gasteiger partial charge in [0.2, 0.25) is 0 Å². The number of carbonyl (C=O) groups is 2. The Morgan fingerprint density at radius 2 is 1.41 bits per heavy atom. The molecule has 0 heterocycles. The van der Waals surface area contributed by atoms with E-state index in [1.807, 2.05) is 0 Å². The highest BCUT2D eigenvalue weighted by Gasteiger charge is 2.19. The Morgan fingerprint density at radius 1 is 0.818 bits per heavy atom. The average molecular weight is 599 g/mol. The number of aliphatic hydroxyl groups excluding tert-OH is 1. The molecule has 3 aromatic rings. The number of ether oxygens (including phenoxy) is 3. The Hall–Kier alpha value is -4.00. The normalized spacial score (nSPS) is 12.3. The van der Waals surface area contributed by atoms with Crippen LogP contribution in [-0.4, -0.2) is 43.0 Å². The minimum absolute atomic E-state index is 0.0106. The van der Waals surface area contributed by atoms with Gasteiger partial charge in [-0.3, -0.25) is 0 Å². The van der Waals surface area contributed by atoms with E-state index in [4.69, 9.17) is 14.2 Å². The van der Waals surface area contributed by atoms with Crippen molar-refractivity contribution in [3.63, 3.8) is 0 Å². The third kappa shape index (κ3) is 10.3. The van der Waals surface area contributed by atoms with Crippen LogP contribution in [-0.2, 0) is 43.2 Å². The monoisotopic (exact) mass is 598 g/mol. The van der Waals surface area contributed by atoms with Crippen LogP contribution < -0.4 is 0 Å². The molecular weight excluding hydrogens is 552 g/mol. The lowest BCUT2D eigenvalue weighted by atomic mass is 9.92. The largest absolute Gasteiger partial charge is 0.462 e. The van der Waals surface area contributed by atoms with Gasteiger partial charge in [0.05, 0.1) is 31.5 Å². The summed E-state index contributed by atoms with van der Waals surface area (Å²) in [5.41, 5.74) is 8.63. The molecule has 6 nitrogen and oxygen atoms in total. The van der Waals surface area contributed by atoms with Crippen molar-refractivity contribution >= 4 is 11.9 Å². The molecule has 3 rings (SSSR count). The molecule has 0 aliphatic rings. The molecule has 44 heavy (non-hydrogen) atoms. The van der Waals surface area contributed by atoms with Crippen molar-refractivity contribution in [2.24, 2.45) is 5.92 Å². The van der Waals surface area contributed by atoms with Crippen LogP contribution in [0.2, 0.25) is 0 Å². The van der Waals surface area contributed by atoms with Gasteiger partial charge in [0, 0.05) is 18.1 Å². The number of rotatable bonds is 17. The topological polar surface area (TPSA) is 82.1 Å². The third-order valence-corrected chi connectivity index (χ3v) is 7.51. The predicted octanol–water partition coefficient (Wildman–Crippen LogP) is 7.66. The molecule has 1 N–H and O–H groups in total. The van der Waals surface area contributed by atoms with Crippen LogP contribution >= 0.6 is 0 Å². The van der Waals surface area contributed by atoms with Gasteiger partial charge in [-0.2, -0.15) is 0 Å². The number of carbonyl (C=O) groups excluding carboxylic acids is 2. The molecule has 0 amide bonds. The fourth-order valence-corrected chi connectivity index (χ4v) is 4.69. The Balaban J connectivity index is 1.66. The van der Waals surface area contributed by atoms with Gasteiger partial charge in [-0.05, 0) is 78.5 Å². The predicted molar refractivity (Wildman–Crippen MR) is 176 cm³/mol. The highest BCUT2D eigenvalue weighted by molar-refractivity contribution is 5.88. The number of benzene rings is 3. The summed E-state index contributed by atoms with van der Waals surface area (Å²) in [5.74, 6) is -1.36. The van der Waals surface area contributed by atoms with Crippen LogP contribution in [0.15, 0.2) is 91.0 Å². The van der Waals surface area contributed by atoms with E-state index >= 15 is 0 Å². The van der Waals surface area contributed by atoms with Gasteiger partial charge in [-0.15, -0.1) is 0 Å². The molecule has 234 valence electrons. The second-order valence-corrected chi connectivity index (χ2v) is 11.3. The first-order valence-electron chi connectivity index (χ1n) is 15.4. The summed E-state index contributed by atoms with van der Waals surface area (Å²) in [4.78, 5) is 24.1. The van der Waals surface area contributed by atoms with E-state index < -0.39 is 18.0 Å². The maximum atomic E-state index is 12.2. The molecule has 0 saturated heterocycles. The Morgan fingerprint density at radius 3 is 2.00 bits per heavy atom. The van der Waals surface area contributed by atoms with E-state index in [9.17, 15) is 14.7 Å². The first-order valence-corrected chi connectivity index (χ1v) is 15.4. The van der Waals surface area contributed by atoms with E-state index in [0.717, 1.165) is 30.6 Å². The quantitative estimate of drug-likeness (QED) is 0.0976. The lowest BCUT2D eigenvalue weighted by Crippen LogP contribution is -2.24. The highest BCUT2D eigenvalue weighted by Crippen LogP contribution is 2.30. The van der Waals surface area contributed by atoms with E-state index in [0.29, 0.717) is 25.0 Å². The van der Waals surface area contributed by atoms with Gasteiger partial charge in [0.1, 0.15) is 0 Å². The number of hydrogen-bond donors (Lipinski definition) is 1. The third-order valence-electron chi connectivity index (χ3n) is 7.51. The molecule has 0 fully saturated rings. The number of hydrogen-bond acceptors (Lipinski definition) is 6. The molecule has 2 atom stereocenters. The van der Waals surface area contributed by atoms with Crippen molar-refractivity contribution in [3.05, 3.63) is 108 Å². The van der Waals surface area contributed by atoms with Crippen LogP contribution in [0.1, 0.15) is 57.2 Å². The lowest BCUT2D eigenvalue weighted by molar-refractivity contribution is -0.144. The van der Waals surface area contributed by atoms with Crippen molar-refractivity contribution in [2.45, 2.75) is 66.1 Å². The second kappa shape index (κ2) is 17.3. The molecule has 0 aromatic heterocycles. The maximum Gasteiger partial charge on any atom is 0.336 e. The fraction of sp³-hybridized carbons (Fsp3) is 0.368. The molecule has 0 bridgehead atoms. The van der Waals surface area contributed by atoms with Crippen molar-refractivity contribution in [2.75, 3.05) is 19.8 Å². The molecule has 0 aliphatic carbocycles. The van der Waals surface area contributed by atoms with Crippen LogP contribution in [0.3, 0.4) is 0 Å². The summed E-state index contributed by atoms with van der Waals surface area (Å²) in [6.45, 7) is 16.1. The fourth-order valence-electron chi connectivity index (χ4n) is 4.69. The number of esters is 2. The van der Waals surface area contributed by atoms with Gasteiger partial charge < -0.3 is 19.3 Å². The second-order valence-electron chi connectivity index (χ2n) is 11.3. The van der Waals surface area contributed by atoms with Gasteiger partial charge in [-0.1, -0.05) is 93.7 Å². The molecule has 6 heteroatoms. The summed E-state index contributed by atoms with van der Waals surface area (Å²) < 4.78 is 16.4. The van der Waals surface area contributed by atoms with E-state index in [2.05, 4.69) is 93.7 Å². The van der Waals surface area contributed by atoms with E-state index in [1.165, 1.54) is 34.7 Å². The highest BCUT2D eigenvalue weighted by atomic mass is 16.5. The zero-order chi connectivity index (χ0) is 32.1. The Bertz CT molecular complexity index is 1400. The summed E-state index contributed by atoms with van der Waals surface area (Å²) in [6.07, 6.45) is 2.29. The van der Waals surface area contributed by atoms with E-state index in [-0.39, 0.29) is 24.7 Å². The van der Waals surface area contributed by atoms with Crippen molar-refractivity contribution in [1.82, 2.24) is 0 Å². The molecule has 3 aromatic carbocycles. The lowest BCUT2D eigenvalue weighted by Gasteiger charge is -2.18. The standard InChI is InChI=1S/C38H46O6/c1-7-21-42-23-30-13-15-33(16-14-30)35-19-20-36(32(8-2)22-35)34-17-11-29(12-18-34)9-10-31(24-43-37(40)26(3)4)25-44-38(41)27(5)28(6)39/h11-20,22,28,31,39H,3,5,7-10,21,23-25H2,1-2,4,6H3. The summed E-state index contributed by atoms with van der Waals surface area (Å²) >= 11 is 0.